The molecule has 0 saturated carbocycles. The minimum Gasteiger partial charge on any atom is -0.356 e. The van der Waals surface area contributed by atoms with Crippen LogP contribution in [0, 0.1) is 0 Å². The number of nitrogens with one attached hydrogen (secondary N) is 2. The van der Waals surface area contributed by atoms with Gasteiger partial charge in [-0.2, -0.15) is 0 Å². The van der Waals surface area contributed by atoms with E-state index in [4.69, 9.17) is 0 Å². The van der Waals surface area contributed by atoms with Gasteiger partial charge in [0.2, 0.25) is 5.91 Å². The Balaban J connectivity index is 1.35. The average Bonchev–Trinajstić information content (AvgIpc) is 2.76. The summed E-state index contributed by atoms with van der Waals surface area (Å²) in [5, 5.41) is 6.70. The molecule has 0 spiro atoms. The van der Waals surface area contributed by atoms with Crippen molar-refractivity contribution in [3.05, 3.63) is 95.5 Å². The summed E-state index contributed by atoms with van der Waals surface area (Å²) in [5.41, 5.74) is 3.15. The van der Waals surface area contributed by atoms with Crippen molar-refractivity contribution in [2.24, 2.45) is 0 Å². The predicted octanol–water partition coefficient (Wildman–Crippen LogP) is 4.17. The molecule has 0 aliphatic heterocycles. The lowest BCUT2D eigenvalue weighted by Gasteiger charge is -2.09. The molecule has 0 radical (unpaired) electrons. The van der Waals surface area contributed by atoms with Gasteiger partial charge in [0.15, 0.2) is 0 Å². The number of benzene rings is 3. The number of anilines is 3. The lowest BCUT2D eigenvalue weighted by atomic mass is 10.2. The van der Waals surface area contributed by atoms with E-state index >= 15 is 0 Å². The van der Waals surface area contributed by atoms with Crippen molar-refractivity contribution in [1.82, 2.24) is 9.55 Å². The zero-order valence-corrected chi connectivity index (χ0v) is 15.7. The van der Waals surface area contributed by atoms with Gasteiger partial charge in [-0.3, -0.25) is 14.2 Å². The summed E-state index contributed by atoms with van der Waals surface area (Å²) >= 11 is 0. The van der Waals surface area contributed by atoms with E-state index in [2.05, 4.69) is 15.6 Å². The van der Waals surface area contributed by atoms with Crippen molar-refractivity contribution >= 4 is 33.9 Å². The average molecular weight is 384 g/mol. The molecular formula is C23H20N4O2. The van der Waals surface area contributed by atoms with Crippen LogP contribution >= 0.6 is 0 Å². The number of hydrogen-bond acceptors (Lipinski definition) is 4. The topological polar surface area (TPSA) is 76.0 Å². The standard InChI is InChI=1S/C23H20N4O2/c28-22(14-15-27-16-24-21-9-5-4-8-20(21)23(27)29)26-19-12-10-18(11-13-19)25-17-6-2-1-3-7-17/h1-13,16,25H,14-15H2,(H,26,28). The molecule has 1 aromatic heterocycles. The van der Waals surface area contributed by atoms with E-state index in [-0.39, 0.29) is 24.4 Å². The van der Waals surface area contributed by atoms with Crippen LogP contribution in [-0.4, -0.2) is 15.5 Å². The normalized spacial score (nSPS) is 10.6. The molecule has 2 N–H and O–H groups in total. The second-order valence-electron chi connectivity index (χ2n) is 6.63. The van der Waals surface area contributed by atoms with E-state index in [1.54, 1.807) is 18.2 Å². The number of nitrogens with zero attached hydrogens (tertiary/aromatic N) is 2. The first-order valence-electron chi connectivity index (χ1n) is 9.35. The molecule has 4 rings (SSSR count). The Bertz CT molecular complexity index is 1180. The molecule has 3 aromatic carbocycles. The number of aryl methyl sites for hydroxylation is 1. The number of carbonyl (C=O) groups is 1. The number of fused-ring (bicyclic) bond motifs is 1. The van der Waals surface area contributed by atoms with Crippen molar-refractivity contribution in [2.75, 3.05) is 10.6 Å². The van der Waals surface area contributed by atoms with Crippen LogP contribution in [0.3, 0.4) is 0 Å². The Morgan fingerprint density at radius 3 is 2.28 bits per heavy atom. The quantitative estimate of drug-likeness (QED) is 0.523. The van der Waals surface area contributed by atoms with Crippen LogP contribution in [0.5, 0.6) is 0 Å². The highest BCUT2D eigenvalue weighted by Gasteiger charge is 2.07. The van der Waals surface area contributed by atoms with E-state index in [0.717, 1.165) is 11.4 Å². The summed E-state index contributed by atoms with van der Waals surface area (Å²) < 4.78 is 1.47. The van der Waals surface area contributed by atoms with Gasteiger partial charge in [-0.1, -0.05) is 30.3 Å². The molecule has 1 heterocycles. The largest absolute Gasteiger partial charge is 0.356 e. The summed E-state index contributed by atoms with van der Waals surface area (Å²) in [6.45, 7) is 0.274. The maximum Gasteiger partial charge on any atom is 0.261 e. The number of para-hydroxylation sites is 2. The smallest absolute Gasteiger partial charge is 0.261 e. The van der Waals surface area contributed by atoms with Crippen molar-refractivity contribution < 1.29 is 4.79 Å². The fraction of sp³-hybridized carbons (Fsp3) is 0.0870. The molecule has 0 fully saturated rings. The minimum atomic E-state index is -0.158. The second-order valence-corrected chi connectivity index (χ2v) is 6.63. The third-order valence-corrected chi connectivity index (χ3v) is 4.54. The first-order valence-corrected chi connectivity index (χ1v) is 9.35. The SMILES string of the molecule is O=C(CCn1cnc2ccccc2c1=O)Nc1ccc(Nc2ccccc2)cc1. The maximum atomic E-state index is 12.5. The fourth-order valence-electron chi connectivity index (χ4n) is 3.04. The molecule has 6 nitrogen and oxygen atoms in total. The summed E-state index contributed by atoms with van der Waals surface area (Å²) in [6.07, 6.45) is 1.67. The van der Waals surface area contributed by atoms with Gasteiger partial charge in [-0.15, -0.1) is 0 Å². The van der Waals surface area contributed by atoms with E-state index in [1.807, 2.05) is 60.7 Å². The Labute approximate surface area is 167 Å². The summed E-state index contributed by atoms with van der Waals surface area (Å²) in [7, 11) is 0. The van der Waals surface area contributed by atoms with Crippen LogP contribution in [0.2, 0.25) is 0 Å². The first kappa shape index (κ1) is 18.4. The number of aromatic nitrogens is 2. The van der Waals surface area contributed by atoms with Gasteiger partial charge in [0, 0.05) is 30.0 Å². The summed E-state index contributed by atoms with van der Waals surface area (Å²) in [6, 6.07) is 24.5. The highest BCUT2D eigenvalue weighted by molar-refractivity contribution is 5.90. The number of hydrogen-bond donors (Lipinski definition) is 2. The van der Waals surface area contributed by atoms with Gasteiger partial charge in [0.1, 0.15) is 0 Å². The van der Waals surface area contributed by atoms with Gasteiger partial charge in [0.25, 0.3) is 5.56 Å². The van der Waals surface area contributed by atoms with Gasteiger partial charge < -0.3 is 10.6 Å². The highest BCUT2D eigenvalue weighted by atomic mass is 16.1. The van der Waals surface area contributed by atoms with Crippen molar-refractivity contribution in [2.45, 2.75) is 13.0 Å². The van der Waals surface area contributed by atoms with Crippen molar-refractivity contribution in [1.29, 1.82) is 0 Å². The molecule has 1 amide bonds. The number of carbonyl (C=O) groups excluding carboxylic acids is 1. The zero-order valence-electron chi connectivity index (χ0n) is 15.7. The van der Waals surface area contributed by atoms with E-state index < -0.39 is 0 Å². The molecule has 144 valence electrons. The van der Waals surface area contributed by atoms with Crippen LogP contribution in [-0.2, 0) is 11.3 Å². The Morgan fingerprint density at radius 2 is 1.48 bits per heavy atom. The number of rotatable bonds is 6. The third-order valence-electron chi connectivity index (χ3n) is 4.54. The maximum absolute atomic E-state index is 12.5. The van der Waals surface area contributed by atoms with Gasteiger partial charge >= 0.3 is 0 Å². The van der Waals surface area contributed by atoms with Crippen LogP contribution in [0.4, 0.5) is 17.1 Å². The molecule has 0 aliphatic carbocycles. The molecule has 0 bridgehead atoms. The molecule has 0 unspecified atom stereocenters. The Hall–Kier alpha value is -3.93. The Morgan fingerprint density at radius 1 is 0.828 bits per heavy atom. The summed E-state index contributed by atoms with van der Waals surface area (Å²) in [5.74, 6) is -0.158. The van der Waals surface area contributed by atoms with Crippen LogP contribution in [0.1, 0.15) is 6.42 Å². The predicted molar refractivity (Wildman–Crippen MR) is 115 cm³/mol. The number of amides is 1. The lowest BCUT2D eigenvalue weighted by Crippen LogP contribution is -2.23. The third kappa shape index (κ3) is 4.50. The van der Waals surface area contributed by atoms with Crippen LogP contribution < -0.4 is 16.2 Å². The molecule has 6 heteroatoms. The van der Waals surface area contributed by atoms with Crippen LogP contribution in [0.15, 0.2) is 90.0 Å². The molecule has 29 heavy (non-hydrogen) atoms. The highest BCUT2D eigenvalue weighted by Crippen LogP contribution is 2.18. The molecule has 4 aromatic rings. The first-order chi connectivity index (χ1) is 14.2. The van der Waals surface area contributed by atoms with E-state index in [0.29, 0.717) is 16.6 Å². The van der Waals surface area contributed by atoms with E-state index in [9.17, 15) is 9.59 Å². The van der Waals surface area contributed by atoms with Gasteiger partial charge in [-0.05, 0) is 48.5 Å². The van der Waals surface area contributed by atoms with Gasteiger partial charge in [0.05, 0.1) is 17.2 Å². The summed E-state index contributed by atoms with van der Waals surface area (Å²) in [4.78, 5) is 29.0. The molecular weight excluding hydrogens is 364 g/mol. The van der Waals surface area contributed by atoms with Crippen molar-refractivity contribution in [3.8, 4) is 0 Å². The fourth-order valence-corrected chi connectivity index (χ4v) is 3.04. The van der Waals surface area contributed by atoms with E-state index in [1.165, 1.54) is 10.9 Å². The van der Waals surface area contributed by atoms with Crippen LogP contribution in [0.25, 0.3) is 10.9 Å². The molecule has 0 aliphatic rings. The van der Waals surface area contributed by atoms with Crippen molar-refractivity contribution in [3.63, 3.8) is 0 Å². The molecule has 0 saturated heterocycles. The lowest BCUT2D eigenvalue weighted by molar-refractivity contribution is -0.116. The minimum absolute atomic E-state index is 0.139. The second kappa shape index (κ2) is 8.39. The Kier molecular flexibility index (Phi) is 5.33. The molecule has 0 atom stereocenters. The zero-order chi connectivity index (χ0) is 20.1. The van der Waals surface area contributed by atoms with Gasteiger partial charge in [-0.25, -0.2) is 4.98 Å². The monoisotopic (exact) mass is 384 g/mol.